The van der Waals surface area contributed by atoms with Crippen LogP contribution in [0.1, 0.15) is 23.3 Å². The summed E-state index contributed by atoms with van der Waals surface area (Å²) in [5, 5.41) is 5.10. The fourth-order valence-corrected chi connectivity index (χ4v) is 2.56. The molecule has 0 atom stereocenters. The average molecular weight is 275 g/mol. The van der Waals surface area contributed by atoms with Crippen molar-refractivity contribution in [3.8, 4) is 0 Å². The maximum atomic E-state index is 12.0. The van der Waals surface area contributed by atoms with Crippen molar-refractivity contribution in [3.05, 3.63) is 29.7 Å². The first-order chi connectivity index (χ1) is 9.33. The molecule has 0 bridgehead atoms. The number of hydrogen-bond donors (Lipinski definition) is 1. The van der Waals surface area contributed by atoms with Crippen LogP contribution in [0.5, 0.6) is 0 Å². The van der Waals surface area contributed by atoms with Gasteiger partial charge in [-0.1, -0.05) is 0 Å². The maximum absolute atomic E-state index is 12.0. The van der Waals surface area contributed by atoms with E-state index in [4.69, 9.17) is 0 Å². The molecule has 2 aromatic rings. The summed E-state index contributed by atoms with van der Waals surface area (Å²) >= 11 is 1.38. The Balaban J connectivity index is 1.76. The molecule has 1 fully saturated rings. The van der Waals surface area contributed by atoms with Gasteiger partial charge < -0.3 is 4.90 Å². The van der Waals surface area contributed by atoms with Crippen molar-refractivity contribution in [1.82, 2.24) is 15.0 Å². The first-order valence-corrected chi connectivity index (χ1v) is 6.99. The Morgan fingerprint density at radius 2 is 2.11 bits per heavy atom. The fraction of sp³-hybridized carbons (Fsp3) is 0.333. The molecule has 2 aromatic heterocycles. The normalized spacial score (nSPS) is 14.6. The predicted octanol–water partition coefficient (Wildman–Crippen LogP) is 1.79. The molecule has 1 N–H and O–H groups in total. The zero-order valence-corrected chi connectivity index (χ0v) is 11.1. The Hall–Kier alpha value is -2.02. The van der Waals surface area contributed by atoms with Crippen molar-refractivity contribution < 1.29 is 4.79 Å². The molecule has 98 valence electrons. The molecule has 0 aromatic carbocycles. The zero-order chi connectivity index (χ0) is 13.1. The van der Waals surface area contributed by atoms with Gasteiger partial charge in [0.05, 0.1) is 0 Å². The summed E-state index contributed by atoms with van der Waals surface area (Å²) in [6.45, 7) is 1.98. The number of aromatic nitrogens is 3. The number of nitrogens with zero attached hydrogens (tertiary/aromatic N) is 4. The Bertz CT molecular complexity index is 565. The van der Waals surface area contributed by atoms with Gasteiger partial charge in [0, 0.05) is 30.7 Å². The molecule has 0 aliphatic carbocycles. The third-order valence-corrected chi connectivity index (χ3v) is 3.66. The summed E-state index contributed by atoms with van der Waals surface area (Å²) in [5.74, 6) is 0.564. The van der Waals surface area contributed by atoms with Crippen LogP contribution >= 0.6 is 11.3 Å². The third kappa shape index (κ3) is 2.70. The Morgan fingerprint density at radius 1 is 1.26 bits per heavy atom. The van der Waals surface area contributed by atoms with Gasteiger partial charge in [-0.05, 0) is 12.8 Å². The fourth-order valence-electron chi connectivity index (χ4n) is 2.04. The van der Waals surface area contributed by atoms with Crippen LogP contribution < -0.4 is 10.2 Å². The van der Waals surface area contributed by atoms with Gasteiger partial charge >= 0.3 is 0 Å². The number of carbonyl (C=O) groups is 1. The van der Waals surface area contributed by atoms with E-state index in [1.807, 2.05) is 5.38 Å². The van der Waals surface area contributed by atoms with E-state index in [0.717, 1.165) is 18.9 Å². The Labute approximate surface area is 114 Å². The average Bonchev–Trinajstić information content (AvgIpc) is 3.12. The summed E-state index contributed by atoms with van der Waals surface area (Å²) < 4.78 is 0. The number of amides is 1. The van der Waals surface area contributed by atoms with E-state index in [-0.39, 0.29) is 5.91 Å². The molecule has 3 rings (SSSR count). The first kappa shape index (κ1) is 12.0. The van der Waals surface area contributed by atoms with Gasteiger partial charge in [0.2, 0.25) is 0 Å². The monoisotopic (exact) mass is 275 g/mol. The molecule has 0 spiro atoms. The molecule has 3 heterocycles. The van der Waals surface area contributed by atoms with Crippen molar-refractivity contribution in [2.45, 2.75) is 12.8 Å². The quantitative estimate of drug-likeness (QED) is 0.924. The van der Waals surface area contributed by atoms with Crippen LogP contribution in [0.4, 0.5) is 10.9 Å². The molecular formula is C12H13N5OS. The first-order valence-electron chi connectivity index (χ1n) is 6.11. The van der Waals surface area contributed by atoms with Crippen molar-refractivity contribution in [2.24, 2.45) is 0 Å². The number of anilines is 2. The van der Waals surface area contributed by atoms with Crippen LogP contribution in [0.3, 0.4) is 0 Å². The summed E-state index contributed by atoms with van der Waals surface area (Å²) in [5.41, 5.74) is 0.368. The van der Waals surface area contributed by atoms with E-state index in [1.165, 1.54) is 30.5 Å². The molecule has 0 unspecified atom stereocenters. The van der Waals surface area contributed by atoms with Gasteiger partial charge in [-0.25, -0.2) is 15.0 Å². The highest BCUT2D eigenvalue weighted by atomic mass is 32.1. The highest BCUT2D eigenvalue weighted by molar-refractivity contribution is 7.13. The zero-order valence-electron chi connectivity index (χ0n) is 10.2. The minimum Gasteiger partial charge on any atom is -0.357 e. The summed E-state index contributed by atoms with van der Waals surface area (Å²) in [7, 11) is 0. The van der Waals surface area contributed by atoms with Gasteiger partial charge in [-0.15, -0.1) is 11.3 Å². The second-order valence-electron chi connectivity index (χ2n) is 4.25. The second kappa shape index (κ2) is 5.31. The topological polar surface area (TPSA) is 71.0 Å². The molecule has 19 heavy (non-hydrogen) atoms. The molecular weight excluding hydrogens is 262 g/mol. The third-order valence-electron chi connectivity index (χ3n) is 2.97. The van der Waals surface area contributed by atoms with E-state index in [0.29, 0.717) is 10.8 Å². The van der Waals surface area contributed by atoms with E-state index in [2.05, 4.69) is 25.2 Å². The number of rotatable bonds is 3. The SMILES string of the molecule is O=C(Nc1nccs1)c1cc(N2CCCC2)ncn1. The van der Waals surface area contributed by atoms with Crippen molar-refractivity contribution in [1.29, 1.82) is 0 Å². The lowest BCUT2D eigenvalue weighted by Gasteiger charge is -2.16. The van der Waals surface area contributed by atoms with E-state index >= 15 is 0 Å². The number of nitrogens with one attached hydrogen (secondary N) is 1. The van der Waals surface area contributed by atoms with Crippen LogP contribution in [0.25, 0.3) is 0 Å². The Kier molecular flexibility index (Phi) is 3.37. The van der Waals surface area contributed by atoms with Gasteiger partial charge in [0.25, 0.3) is 5.91 Å². The van der Waals surface area contributed by atoms with E-state index in [1.54, 1.807) is 12.3 Å². The second-order valence-corrected chi connectivity index (χ2v) is 5.14. The standard InChI is InChI=1S/C12H13N5OS/c18-11(16-12-13-3-6-19-12)9-7-10(15-8-14-9)17-4-1-2-5-17/h3,6-8H,1-2,4-5H2,(H,13,16,18). The summed E-state index contributed by atoms with van der Waals surface area (Å²) in [6, 6.07) is 1.73. The van der Waals surface area contributed by atoms with E-state index < -0.39 is 0 Å². The van der Waals surface area contributed by atoms with Crippen LogP contribution in [0.2, 0.25) is 0 Å². The molecule has 1 saturated heterocycles. The minimum absolute atomic E-state index is 0.252. The van der Waals surface area contributed by atoms with Crippen LogP contribution in [-0.4, -0.2) is 33.9 Å². The summed E-state index contributed by atoms with van der Waals surface area (Å²) in [6.07, 6.45) is 5.43. The van der Waals surface area contributed by atoms with Gasteiger partial charge in [-0.2, -0.15) is 0 Å². The lowest BCUT2D eigenvalue weighted by molar-refractivity contribution is 0.102. The molecule has 1 aliphatic heterocycles. The maximum Gasteiger partial charge on any atom is 0.276 e. The van der Waals surface area contributed by atoms with Crippen LogP contribution in [0, 0.1) is 0 Å². The van der Waals surface area contributed by atoms with Crippen molar-refractivity contribution in [2.75, 3.05) is 23.3 Å². The highest BCUT2D eigenvalue weighted by Crippen LogP contribution is 2.18. The number of thiazole rings is 1. The van der Waals surface area contributed by atoms with Crippen molar-refractivity contribution in [3.63, 3.8) is 0 Å². The molecule has 7 heteroatoms. The largest absolute Gasteiger partial charge is 0.357 e. The lowest BCUT2D eigenvalue weighted by Crippen LogP contribution is -2.21. The molecule has 0 radical (unpaired) electrons. The molecule has 0 saturated carbocycles. The lowest BCUT2D eigenvalue weighted by atomic mass is 10.3. The van der Waals surface area contributed by atoms with Crippen LogP contribution in [-0.2, 0) is 0 Å². The molecule has 1 aliphatic rings. The number of hydrogen-bond acceptors (Lipinski definition) is 6. The Morgan fingerprint density at radius 3 is 2.84 bits per heavy atom. The number of carbonyl (C=O) groups excluding carboxylic acids is 1. The van der Waals surface area contributed by atoms with Gasteiger partial charge in [0.1, 0.15) is 17.8 Å². The van der Waals surface area contributed by atoms with Gasteiger partial charge in [0.15, 0.2) is 5.13 Å². The molecule has 6 nitrogen and oxygen atoms in total. The van der Waals surface area contributed by atoms with Crippen LogP contribution in [0.15, 0.2) is 24.0 Å². The summed E-state index contributed by atoms with van der Waals surface area (Å²) in [4.78, 5) is 26.4. The minimum atomic E-state index is -0.252. The smallest absolute Gasteiger partial charge is 0.276 e. The van der Waals surface area contributed by atoms with Crippen molar-refractivity contribution >= 4 is 28.2 Å². The van der Waals surface area contributed by atoms with Gasteiger partial charge in [-0.3, -0.25) is 10.1 Å². The predicted molar refractivity (Wildman–Crippen MR) is 73.5 cm³/mol. The van der Waals surface area contributed by atoms with E-state index in [9.17, 15) is 4.79 Å². The highest BCUT2D eigenvalue weighted by Gasteiger charge is 2.16. The molecule has 1 amide bonds.